The van der Waals surface area contributed by atoms with E-state index in [1.54, 1.807) is 0 Å². The van der Waals surface area contributed by atoms with Crippen LogP contribution in [0.25, 0.3) is 0 Å². The maximum absolute atomic E-state index is 4.46. The van der Waals surface area contributed by atoms with E-state index in [0.717, 1.165) is 11.7 Å². The Morgan fingerprint density at radius 2 is 2.18 bits per heavy atom. The molecule has 0 spiro atoms. The third-order valence-electron chi connectivity index (χ3n) is 3.63. The van der Waals surface area contributed by atoms with Gasteiger partial charge in [-0.05, 0) is 19.4 Å². The average Bonchev–Trinajstić information content (AvgIpc) is 2.76. The molecule has 0 aliphatic carbocycles. The summed E-state index contributed by atoms with van der Waals surface area (Å²) in [4.78, 5) is 4.46. The molecule has 0 amide bonds. The Kier molecular flexibility index (Phi) is 6.27. The van der Waals surface area contributed by atoms with Crippen molar-refractivity contribution < 1.29 is 0 Å². The number of aromatic nitrogens is 2. The molecule has 1 heterocycles. The van der Waals surface area contributed by atoms with E-state index in [-0.39, 0.29) is 0 Å². The minimum atomic E-state index is 0.386. The molecule has 2 atom stereocenters. The predicted molar refractivity (Wildman–Crippen MR) is 72.9 cm³/mol. The minimum Gasteiger partial charge on any atom is -0.337 e. The highest BCUT2D eigenvalue weighted by molar-refractivity contribution is 4.98. The van der Waals surface area contributed by atoms with Crippen LogP contribution in [-0.4, -0.2) is 16.6 Å². The summed E-state index contributed by atoms with van der Waals surface area (Å²) in [6.07, 6.45) is 10.3. The standard InChI is InChI=1S/C14H27N3/c1-5-7-8-12(6-2)11-13(15-3)14-16-9-10-17(14)4/h9-10,12-13,15H,5-8,11H2,1-4H3. The van der Waals surface area contributed by atoms with Crippen molar-refractivity contribution in [3.05, 3.63) is 18.2 Å². The van der Waals surface area contributed by atoms with Crippen molar-refractivity contribution >= 4 is 0 Å². The van der Waals surface area contributed by atoms with Crippen LogP contribution in [0.1, 0.15) is 57.8 Å². The lowest BCUT2D eigenvalue weighted by Crippen LogP contribution is -2.23. The first-order valence-corrected chi connectivity index (χ1v) is 6.87. The van der Waals surface area contributed by atoms with Crippen molar-refractivity contribution in [1.29, 1.82) is 0 Å². The molecule has 0 saturated heterocycles. The second kappa shape index (κ2) is 7.49. The molecule has 1 rings (SSSR count). The Bertz CT molecular complexity index is 306. The van der Waals surface area contributed by atoms with Gasteiger partial charge in [-0.2, -0.15) is 0 Å². The van der Waals surface area contributed by atoms with Crippen LogP contribution in [-0.2, 0) is 7.05 Å². The summed E-state index contributed by atoms with van der Waals surface area (Å²) in [6, 6.07) is 0.386. The van der Waals surface area contributed by atoms with Gasteiger partial charge in [0.05, 0.1) is 6.04 Å². The lowest BCUT2D eigenvalue weighted by atomic mass is 9.92. The number of rotatable bonds is 8. The summed E-state index contributed by atoms with van der Waals surface area (Å²) in [6.45, 7) is 4.56. The van der Waals surface area contributed by atoms with Gasteiger partial charge in [-0.1, -0.05) is 39.5 Å². The van der Waals surface area contributed by atoms with Crippen molar-refractivity contribution in [3.8, 4) is 0 Å². The van der Waals surface area contributed by atoms with Gasteiger partial charge in [0.25, 0.3) is 0 Å². The largest absolute Gasteiger partial charge is 0.337 e. The van der Waals surface area contributed by atoms with Crippen molar-refractivity contribution in [2.45, 2.75) is 52.0 Å². The zero-order chi connectivity index (χ0) is 12.7. The maximum atomic E-state index is 4.46. The molecular weight excluding hydrogens is 210 g/mol. The number of hydrogen-bond donors (Lipinski definition) is 1. The number of unbranched alkanes of at least 4 members (excludes halogenated alkanes) is 1. The second-order valence-electron chi connectivity index (χ2n) is 4.89. The van der Waals surface area contributed by atoms with E-state index in [2.05, 4.69) is 35.8 Å². The monoisotopic (exact) mass is 237 g/mol. The van der Waals surface area contributed by atoms with Crippen LogP contribution >= 0.6 is 0 Å². The number of hydrogen-bond acceptors (Lipinski definition) is 2. The number of nitrogens with zero attached hydrogens (tertiary/aromatic N) is 2. The Morgan fingerprint density at radius 3 is 2.65 bits per heavy atom. The van der Waals surface area contributed by atoms with Gasteiger partial charge in [-0.15, -0.1) is 0 Å². The van der Waals surface area contributed by atoms with E-state index in [1.165, 1.54) is 32.1 Å². The molecule has 0 radical (unpaired) electrons. The van der Waals surface area contributed by atoms with Gasteiger partial charge in [0, 0.05) is 19.4 Å². The molecule has 0 aliphatic rings. The Morgan fingerprint density at radius 1 is 1.41 bits per heavy atom. The molecule has 0 aliphatic heterocycles. The molecule has 1 aromatic heterocycles. The average molecular weight is 237 g/mol. The van der Waals surface area contributed by atoms with Gasteiger partial charge in [-0.25, -0.2) is 4.98 Å². The highest BCUT2D eigenvalue weighted by Gasteiger charge is 2.18. The first-order chi connectivity index (χ1) is 8.22. The van der Waals surface area contributed by atoms with Gasteiger partial charge in [-0.3, -0.25) is 0 Å². The third kappa shape index (κ3) is 4.15. The lowest BCUT2D eigenvalue weighted by Gasteiger charge is -2.22. The highest BCUT2D eigenvalue weighted by atomic mass is 15.1. The molecule has 2 unspecified atom stereocenters. The first-order valence-electron chi connectivity index (χ1n) is 6.87. The van der Waals surface area contributed by atoms with Gasteiger partial charge in [0.1, 0.15) is 5.82 Å². The molecule has 3 nitrogen and oxygen atoms in total. The topological polar surface area (TPSA) is 29.9 Å². The SMILES string of the molecule is CCCCC(CC)CC(NC)c1nccn1C. The van der Waals surface area contributed by atoms with Gasteiger partial charge in [0.2, 0.25) is 0 Å². The smallest absolute Gasteiger partial charge is 0.125 e. The van der Waals surface area contributed by atoms with Crippen LogP contribution in [0, 0.1) is 5.92 Å². The lowest BCUT2D eigenvalue weighted by molar-refractivity contribution is 0.353. The fraction of sp³-hybridized carbons (Fsp3) is 0.786. The van der Waals surface area contributed by atoms with Crippen LogP contribution in [0.15, 0.2) is 12.4 Å². The molecule has 1 N–H and O–H groups in total. The molecule has 0 aromatic carbocycles. The normalized spacial score (nSPS) is 14.8. The Balaban J connectivity index is 2.59. The molecule has 0 bridgehead atoms. The number of nitrogens with one attached hydrogen (secondary N) is 1. The highest BCUT2D eigenvalue weighted by Crippen LogP contribution is 2.25. The van der Waals surface area contributed by atoms with Crippen LogP contribution in [0.3, 0.4) is 0 Å². The summed E-state index contributed by atoms with van der Waals surface area (Å²) < 4.78 is 2.12. The van der Waals surface area contributed by atoms with Crippen molar-refractivity contribution in [2.75, 3.05) is 7.05 Å². The zero-order valence-electron chi connectivity index (χ0n) is 11.7. The molecular formula is C14H27N3. The van der Waals surface area contributed by atoms with Crippen LogP contribution in [0.4, 0.5) is 0 Å². The van der Waals surface area contributed by atoms with Crippen molar-refractivity contribution in [2.24, 2.45) is 13.0 Å². The van der Waals surface area contributed by atoms with E-state index >= 15 is 0 Å². The van der Waals surface area contributed by atoms with E-state index in [4.69, 9.17) is 0 Å². The van der Waals surface area contributed by atoms with E-state index in [1.807, 2.05) is 19.4 Å². The molecule has 3 heteroatoms. The Labute approximate surface area is 106 Å². The maximum Gasteiger partial charge on any atom is 0.125 e. The minimum absolute atomic E-state index is 0.386. The molecule has 1 aromatic rings. The number of imidazole rings is 1. The Hall–Kier alpha value is -0.830. The molecule has 0 fully saturated rings. The quantitative estimate of drug-likeness (QED) is 0.752. The van der Waals surface area contributed by atoms with Crippen LogP contribution in [0.2, 0.25) is 0 Å². The van der Waals surface area contributed by atoms with Crippen LogP contribution in [0.5, 0.6) is 0 Å². The third-order valence-corrected chi connectivity index (χ3v) is 3.63. The van der Waals surface area contributed by atoms with E-state index in [9.17, 15) is 0 Å². The van der Waals surface area contributed by atoms with E-state index < -0.39 is 0 Å². The first kappa shape index (κ1) is 14.2. The zero-order valence-corrected chi connectivity index (χ0v) is 11.7. The van der Waals surface area contributed by atoms with Gasteiger partial charge in [0.15, 0.2) is 0 Å². The van der Waals surface area contributed by atoms with Gasteiger partial charge >= 0.3 is 0 Å². The summed E-state index contributed by atoms with van der Waals surface area (Å²) >= 11 is 0. The second-order valence-corrected chi connectivity index (χ2v) is 4.89. The molecule has 0 saturated carbocycles. The predicted octanol–water partition coefficient (Wildman–Crippen LogP) is 3.29. The summed E-state index contributed by atoms with van der Waals surface area (Å²) in [5, 5.41) is 3.40. The fourth-order valence-corrected chi connectivity index (χ4v) is 2.38. The molecule has 17 heavy (non-hydrogen) atoms. The molecule has 98 valence electrons. The summed E-state index contributed by atoms with van der Waals surface area (Å²) in [5.41, 5.74) is 0. The summed E-state index contributed by atoms with van der Waals surface area (Å²) in [5.74, 6) is 1.96. The van der Waals surface area contributed by atoms with Gasteiger partial charge < -0.3 is 9.88 Å². The van der Waals surface area contributed by atoms with E-state index in [0.29, 0.717) is 6.04 Å². The van der Waals surface area contributed by atoms with Crippen molar-refractivity contribution in [1.82, 2.24) is 14.9 Å². The fourth-order valence-electron chi connectivity index (χ4n) is 2.38. The number of aryl methyl sites for hydroxylation is 1. The van der Waals surface area contributed by atoms with Crippen molar-refractivity contribution in [3.63, 3.8) is 0 Å². The summed E-state index contributed by atoms with van der Waals surface area (Å²) in [7, 11) is 4.10. The van der Waals surface area contributed by atoms with Crippen LogP contribution < -0.4 is 5.32 Å².